The van der Waals surface area contributed by atoms with Crippen LogP contribution in [-0.2, 0) is 6.54 Å². The highest BCUT2D eigenvalue weighted by Gasteiger charge is 2.15. The minimum Gasteiger partial charge on any atom is -0.419 e. The third-order valence-electron chi connectivity index (χ3n) is 2.82. The van der Waals surface area contributed by atoms with Crippen molar-refractivity contribution in [1.29, 1.82) is 0 Å². The number of benzene rings is 1. The van der Waals surface area contributed by atoms with E-state index in [4.69, 9.17) is 4.42 Å². The van der Waals surface area contributed by atoms with E-state index in [2.05, 4.69) is 22.4 Å². The maximum Gasteiger partial charge on any atom is 0.273 e. The number of aryl methyl sites for hydroxylation is 1. The molecule has 20 heavy (non-hydrogen) atoms. The quantitative estimate of drug-likeness (QED) is 0.494. The summed E-state index contributed by atoms with van der Waals surface area (Å²) in [7, 11) is 0. The molecule has 7 nitrogen and oxygen atoms in total. The molecule has 0 amide bonds. The number of hydrogen-bond acceptors (Lipinski definition) is 6. The molecule has 1 aromatic carbocycles. The third-order valence-corrected chi connectivity index (χ3v) is 2.82. The van der Waals surface area contributed by atoms with Crippen molar-refractivity contribution in [3.8, 4) is 11.5 Å². The zero-order valence-corrected chi connectivity index (χ0v) is 11.4. The molecule has 1 heterocycles. The highest BCUT2D eigenvalue weighted by atomic mass is 16.6. The number of aromatic nitrogens is 2. The third kappa shape index (κ3) is 3.18. The van der Waals surface area contributed by atoms with Crippen LogP contribution in [0, 0.1) is 17.0 Å². The van der Waals surface area contributed by atoms with Crippen molar-refractivity contribution in [3.63, 3.8) is 0 Å². The van der Waals surface area contributed by atoms with Gasteiger partial charge in [0, 0.05) is 17.2 Å². The van der Waals surface area contributed by atoms with E-state index in [1.54, 1.807) is 19.1 Å². The van der Waals surface area contributed by atoms with Gasteiger partial charge in [-0.2, -0.15) is 0 Å². The average molecular weight is 276 g/mol. The summed E-state index contributed by atoms with van der Waals surface area (Å²) in [4.78, 5) is 10.5. The van der Waals surface area contributed by atoms with Crippen LogP contribution in [-0.4, -0.2) is 21.7 Å². The zero-order chi connectivity index (χ0) is 14.5. The average Bonchev–Trinajstić information content (AvgIpc) is 2.88. The monoisotopic (exact) mass is 276 g/mol. The lowest BCUT2D eigenvalue weighted by Gasteiger charge is -1.99. The van der Waals surface area contributed by atoms with Gasteiger partial charge in [-0.1, -0.05) is 13.0 Å². The Morgan fingerprint density at radius 3 is 2.90 bits per heavy atom. The minimum absolute atomic E-state index is 0.0476. The van der Waals surface area contributed by atoms with Crippen molar-refractivity contribution in [1.82, 2.24) is 15.5 Å². The molecule has 0 bridgehead atoms. The van der Waals surface area contributed by atoms with Crippen LogP contribution in [0.4, 0.5) is 5.69 Å². The Hall–Kier alpha value is -2.28. The fourth-order valence-electron chi connectivity index (χ4n) is 1.75. The summed E-state index contributed by atoms with van der Waals surface area (Å²) in [5, 5.41) is 21.9. The van der Waals surface area contributed by atoms with Gasteiger partial charge < -0.3 is 9.73 Å². The normalized spacial score (nSPS) is 10.7. The van der Waals surface area contributed by atoms with Gasteiger partial charge in [0.25, 0.3) is 5.69 Å². The van der Waals surface area contributed by atoms with Gasteiger partial charge in [-0.15, -0.1) is 10.2 Å². The molecule has 0 unspecified atom stereocenters. The van der Waals surface area contributed by atoms with Crippen LogP contribution in [0.2, 0.25) is 0 Å². The number of nitrogens with one attached hydrogen (secondary N) is 1. The van der Waals surface area contributed by atoms with Crippen LogP contribution in [0.5, 0.6) is 0 Å². The lowest BCUT2D eigenvalue weighted by Crippen LogP contribution is -2.13. The van der Waals surface area contributed by atoms with Crippen molar-refractivity contribution in [2.24, 2.45) is 0 Å². The Morgan fingerprint density at radius 1 is 1.40 bits per heavy atom. The predicted molar refractivity (Wildman–Crippen MR) is 73.1 cm³/mol. The van der Waals surface area contributed by atoms with E-state index in [1.165, 1.54) is 6.07 Å². The highest BCUT2D eigenvalue weighted by molar-refractivity contribution is 5.59. The van der Waals surface area contributed by atoms with Gasteiger partial charge in [-0.3, -0.25) is 10.1 Å². The molecule has 0 fully saturated rings. The maximum absolute atomic E-state index is 10.9. The van der Waals surface area contributed by atoms with Gasteiger partial charge in [0.2, 0.25) is 11.8 Å². The summed E-state index contributed by atoms with van der Waals surface area (Å²) in [6.45, 7) is 5.12. The number of nitro groups is 1. The van der Waals surface area contributed by atoms with E-state index in [-0.39, 0.29) is 5.69 Å². The molecule has 0 aliphatic rings. The van der Waals surface area contributed by atoms with Gasteiger partial charge in [0.15, 0.2) is 0 Å². The Balaban J connectivity index is 2.19. The van der Waals surface area contributed by atoms with Gasteiger partial charge >= 0.3 is 0 Å². The van der Waals surface area contributed by atoms with Gasteiger partial charge in [-0.25, -0.2) is 0 Å². The summed E-state index contributed by atoms with van der Waals surface area (Å²) in [6, 6.07) is 4.86. The Bertz CT molecular complexity index is 609. The molecular weight excluding hydrogens is 260 g/mol. The van der Waals surface area contributed by atoms with E-state index >= 15 is 0 Å². The molecule has 0 radical (unpaired) electrons. The molecule has 1 aromatic heterocycles. The zero-order valence-electron chi connectivity index (χ0n) is 11.4. The summed E-state index contributed by atoms with van der Waals surface area (Å²) < 4.78 is 5.48. The fraction of sp³-hybridized carbons (Fsp3) is 0.385. The van der Waals surface area contributed by atoms with Gasteiger partial charge in [0.05, 0.1) is 11.5 Å². The molecule has 1 N–H and O–H groups in total. The van der Waals surface area contributed by atoms with E-state index in [0.29, 0.717) is 29.5 Å². The first-order valence-corrected chi connectivity index (χ1v) is 6.40. The summed E-state index contributed by atoms with van der Waals surface area (Å²) >= 11 is 0. The Morgan fingerprint density at radius 2 is 2.20 bits per heavy atom. The van der Waals surface area contributed by atoms with E-state index in [0.717, 1.165) is 13.0 Å². The molecule has 2 aromatic rings. The molecular formula is C13H16N4O3. The lowest BCUT2D eigenvalue weighted by atomic mass is 10.1. The molecule has 0 saturated heterocycles. The largest absolute Gasteiger partial charge is 0.419 e. The molecule has 0 spiro atoms. The SMILES string of the molecule is CCCNCc1nnc(-c2ccc(C)c([N+](=O)[O-])c2)o1. The minimum atomic E-state index is -0.418. The number of rotatable bonds is 6. The van der Waals surface area contributed by atoms with Crippen molar-refractivity contribution in [3.05, 3.63) is 39.8 Å². The van der Waals surface area contributed by atoms with Crippen molar-refractivity contribution < 1.29 is 9.34 Å². The van der Waals surface area contributed by atoms with Crippen molar-refractivity contribution in [2.75, 3.05) is 6.54 Å². The number of nitro benzene ring substituents is 1. The Labute approximate surface area is 116 Å². The molecule has 0 aliphatic heterocycles. The molecule has 0 aliphatic carbocycles. The summed E-state index contributed by atoms with van der Waals surface area (Å²) in [5.41, 5.74) is 1.20. The summed E-state index contributed by atoms with van der Waals surface area (Å²) in [6.07, 6.45) is 1.02. The lowest BCUT2D eigenvalue weighted by molar-refractivity contribution is -0.385. The van der Waals surface area contributed by atoms with E-state index < -0.39 is 4.92 Å². The van der Waals surface area contributed by atoms with Crippen molar-refractivity contribution >= 4 is 5.69 Å². The van der Waals surface area contributed by atoms with Crippen LogP contribution < -0.4 is 5.32 Å². The highest BCUT2D eigenvalue weighted by Crippen LogP contribution is 2.25. The molecule has 0 atom stereocenters. The molecule has 106 valence electrons. The van der Waals surface area contributed by atoms with Crippen LogP contribution in [0.15, 0.2) is 22.6 Å². The van der Waals surface area contributed by atoms with Crippen molar-refractivity contribution in [2.45, 2.75) is 26.8 Å². The number of hydrogen-bond donors (Lipinski definition) is 1. The second kappa shape index (κ2) is 6.25. The van der Waals surface area contributed by atoms with Crippen LogP contribution >= 0.6 is 0 Å². The standard InChI is InChI=1S/C13H16N4O3/c1-3-6-14-8-12-15-16-13(20-12)10-5-4-9(2)11(7-10)17(18)19/h4-5,7,14H,3,6,8H2,1-2H3. The fourth-order valence-corrected chi connectivity index (χ4v) is 1.75. The molecule has 7 heteroatoms. The van der Waals surface area contributed by atoms with Crippen LogP contribution in [0.3, 0.4) is 0 Å². The van der Waals surface area contributed by atoms with Gasteiger partial charge in [-0.05, 0) is 26.0 Å². The Kier molecular flexibility index (Phi) is 4.41. The summed E-state index contributed by atoms with van der Waals surface area (Å²) in [5.74, 6) is 0.762. The topological polar surface area (TPSA) is 94.1 Å². The number of nitrogens with zero attached hydrogens (tertiary/aromatic N) is 3. The molecule has 2 rings (SSSR count). The smallest absolute Gasteiger partial charge is 0.273 e. The van der Waals surface area contributed by atoms with Crippen LogP contribution in [0.25, 0.3) is 11.5 Å². The second-order valence-corrected chi connectivity index (χ2v) is 4.44. The van der Waals surface area contributed by atoms with Gasteiger partial charge in [0.1, 0.15) is 0 Å². The van der Waals surface area contributed by atoms with Crippen LogP contribution in [0.1, 0.15) is 24.8 Å². The van der Waals surface area contributed by atoms with E-state index in [9.17, 15) is 10.1 Å². The first-order chi connectivity index (χ1) is 9.61. The predicted octanol–water partition coefficient (Wildman–Crippen LogP) is 2.45. The maximum atomic E-state index is 10.9. The first-order valence-electron chi connectivity index (χ1n) is 6.40. The first kappa shape index (κ1) is 14.1. The molecule has 0 saturated carbocycles. The van der Waals surface area contributed by atoms with E-state index in [1.807, 2.05) is 0 Å². The second-order valence-electron chi connectivity index (χ2n) is 4.44.